The highest BCUT2D eigenvalue weighted by Gasteiger charge is 2.35. The van der Waals surface area contributed by atoms with Crippen molar-refractivity contribution < 1.29 is 4.79 Å². The fraction of sp³-hybridized carbons (Fsp3) is 0.364. The second kappa shape index (κ2) is 3.10. The van der Waals surface area contributed by atoms with Crippen LogP contribution in [0.25, 0.3) is 0 Å². The molecule has 0 aliphatic carbocycles. The summed E-state index contributed by atoms with van der Waals surface area (Å²) in [5, 5.41) is 0. The van der Waals surface area contributed by atoms with Crippen LogP contribution in [0.4, 0.5) is 5.69 Å². The van der Waals surface area contributed by atoms with Gasteiger partial charge in [-0.2, -0.15) is 0 Å². The molecule has 1 aliphatic heterocycles. The molecule has 1 heterocycles. The van der Waals surface area contributed by atoms with Crippen LogP contribution >= 0.6 is 0 Å². The molecule has 0 saturated carbocycles. The number of rotatable bonds is 1. The molecule has 0 bridgehead atoms. The highest BCUT2D eigenvalue weighted by molar-refractivity contribution is 6.04. The molecule has 14 heavy (non-hydrogen) atoms. The van der Waals surface area contributed by atoms with Crippen LogP contribution in [0.2, 0.25) is 0 Å². The average Bonchev–Trinajstić information content (AvgIpc) is 2.41. The smallest absolute Gasteiger partial charge is 0.248 e. The maximum atomic E-state index is 11.8. The van der Waals surface area contributed by atoms with Crippen molar-refractivity contribution in [3.63, 3.8) is 0 Å². The SMILES string of the molecule is CC(C)N1C(=O)[C@H](N)c2ccccc21. The Balaban J connectivity index is 2.53. The zero-order chi connectivity index (χ0) is 10.3. The predicted octanol–water partition coefficient (Wildman–Crippen LogP) is 1.44. The van der Waals surface area contributed by atoms with E-state index >= 15 is 0 Å². The summed E-state index contributed by atoms with van der Waals surface area (Å²) in [7, 11) is 0. The van der Waals surface area contributed by atoms with Crippen LogP contribution in [0.5, 0.6) is 0 Å². The van der Waals surface area contributed by atoms with E-state index < -0.39 is 6.04 Å². The Labute approximate surface area is 83.5 Å². The van der Waals surface area contributed by atoms with Crippen molar-refractivity contribution in [2.75, 3.05) is 4.90 Å². The first-order valence-corrected chi connectivity index (χ1v) is 4.80. The summed E-state index contributed by atoms with van der Waals surface area (Å²) in [5.74, 6) is 0.00111. The molecule has 1 aromatic carbocycles. The number of nitrogens with zero attached hydrogens (tertiary/aromatic N) is 1. The lowest BCUT2D eigenvalue weighted by molar-refractivity contribution is -0.119. The zero-order valence-corrected chi connectivity index (χ0v) is 8.40. The first-order valence-electron chi connectivity index (χ1n) is 4.80. The van der Waals surface area contributed by atoms with Gasteiger partial charge in [-0.1, -0.05) is 18.2 Å². The molecule has 0 fully saturated rings. The monoisotopic (exact) mass is 190 g/mol. The Hall–Kier alpha value is -1.35. The number of anilines is 1. The molecule has 3 heteroatoms. The van der Waals surface area contributed by atoms with Crippen LogP contribution in [0, 0.1) is 0 Å². The quantitative estimate of drug-likeness (QED) is 0.728. The molecule has 2 rings (SSSR count). The third kappa shape index (κ3) is 1.13. The number of nitrogens with two attached hydrogens (primary N) is 1. The maximum Gasteiger partial charge on any atom is 0.248 e. The average molecular weight is 190 g/mol. The fourth-order valence-corrected chi connectivity index (χ4v) is 1.90. The molecule has 1 amide bonds. The van der Waals surface area contributed by atoms with E-state index in [0.29, 0.717) is 0 Å². The molecule has 74 valence electrons. The fourth-order valence-electron chi connectivity index (χ4n) is 1.90. The Morgan fingerprint density at radius 2 is 2.00 bits per heavy atom. The number of amides is 1. The van der Waals surface area contributed by atoms with Gasteiger partial charge in [0.05, 0.1) is 0 Å². The van der Waals surface area contributed by atoms with Crippen LogP contribution in [-0.2, 0) is 4.79 Å². The van der Waals surface area contributed by atoms with Crippen molar-refractivity contribution in [2.24, 2.45) is 5.73 Å². The van der Waals surface area contributed by atoms with Crippen molar-refractivity contribution in [1.29, 1.82) is 0 Å². The van der Waals surface area contributed by atoms with Crippen LogP contribution in [-0.4, -0.2) is 11.9 Å². The first-order chi connectivity index (χ1) is 6.63. The van der Waals surface area contributed by atoms with Gasteiger partial charge in [-0.05, 0) is 19.9 Å². The number of benzene rings is 1. The van der Waals surface area contributed by atoms with Crippen molar-refractivity contribution in [1.82, 2.24) is 0 Å². The summed E-state index contributed by atoms with van der Waals surface area (Å²) in [4.78, 5) is 13.6. The van der Waals surface area contributed by atoms with Gasteiger partial charge >= 0.3 is 0 Å². The number of carbonyl (C=O) groups is 1. The van der Waals surface area contributed by atoms with E-state index in [1.165, 1.54) is 0 Å². The lowest BCUT2D eigenvalue weighted by atomic mass is 10.1. The third-order valence-corrected chi connectivity index (χ3v) is 2.55. The number of hydrogen-bond donors (Lipinski definition) is 1. The van der Waals surface area contributed by atoms with E-state index in [4.69, 9.17) is 5.73 Å². The lowest BCUT2D eigenvalue weighted by Crippen LogP contribution is -2.36. The van der Waals surface area contributed by atoms with Crippen LogP contribution < -0.4 is 10.6 Å². The maximum absolute atomic E-state index is 11.8. The van der Waals surface area contributed by atoms with E-state index in [0.717, 1.165) is 11.3 Å². The van der Waals surface area contributed by atoms with Gasteiger partial charge in [-0.15, -0.1) is 0 Å². The standard InChI is InChI=1S/C11H14N2O/c1-7(2)13-9-6-4-3-5-8(9)10(12)11(13)14/h3-7,10H,12H2,1-2H3/t10-/m1/s1. The van der Waals surface area contributed by atoms with E-state index in [1.807, 2.05) is 38.1 Å². The summed E-state index contributed by atoms with van der Waals surface area (Å²) < 4.78 is 0. The molecule has 0 saturated heterocycles. The Morgan fingerprint density at radius 1 is 1.36 bits per heavy atom. The number of fused-ring (bicyclic) bond motifs is 1. The van der Waals surface area contributed by atoms with Gasteiger partial charge in [-0.3, -0.25) is 4.79 Å². The molecule has 0 unspecified atom stereocenters. The Morgan fingerprint density at radius 3 is 2.64 bits per heavy atom. The Bertz CT molecular complexity index is 373. The van der Waals surface area contributed by atoms with Crippen LogP contribution in [0.15, 0.2) is 24.3 Å². The second-order valence-electron chi connectivity index (χ2n) is 3.84. The molecule has 0 aromatic heterocycles. The van der Waals surface area contributed by atoms with Crippen molar-refractivity contribution in [2.45, 2.75) is 25.9 Å². The molecule has 0 radical (unpaired) electrons. The highest BCUT2D eigenvalue weighted by Crippen LogP contribution is 2.35. The summed E-state index contributed by atoms with van der Waals surface area (Å²) >= 11 is 0. The van der Waals surface area contributed by atoms with Gasteiger partial charge in [0, 0.05) is 17.3 Å². The third-order valence-electron chi connectivity index (χ3n) is 2.55. The van der Waals surface area contributed by atoms with E-state index in [-0.39, 0.29) is 11.9 Å². The number of para-hydroxylation sites is 1. The molecular weight excluding hydrogens is 176 g/mol. The van der Waals surface area contributed by atoms with E-state index in [9.17, 15) is 4.79 Å². The van der Waals surface area contributed by atoms with Gasteiger partial charge in [-0.25, -0.2) is 0 Å². The van der Waals surface area contributed by atoms with Gasteiger partial charge in [0.2, 0.25) is 5.91 Å². The normalized spacial score (nSPS) is 20.4. The van der Waals surface area contributed by atoms with Crippen molar-refractivity contribution in [3.05, 3.63) is 29.8 Å². The molecule has 1 atom stereocenters. The van der Waals surface area contributed by atoms with Gasteiger partial charge < -0.3 is 10.6 Å². The van der Waals surface area contributed by atoms with Gasteiger partial charge in [0.1, 0.15) is 6.04 Å². The van der Waals surface area contributed by atoms with E-state index in [1.54, 1.807) is 4.90 Å². The second-order valence-corrected chi connectivity index (χ2v) is 3.84. The minimum atomic E-state index is -0.478. The van der Waals surface area contributed by atoms with Crippen LogP contribution in [0.3, 0.4) is 0 Å². The summed E-state index contributed by atoms with van der Waals surface area (Å²) in [6, 6.07) is 7.39. The molecule has 0 spiro atoms. The van der Waals surface area contributed by atoms with Crippen LogP contribution in [0.1, 0.15) is 25.5 Å². The van der Waals surface area contributed by atoms with Crippen molar-refractivity contribution in [3.8, 4) is 0 Å². The number of carbonyl (C=O) groups excluding carboxylic acids is 1. The van der Waals surface area contributed by atoms with E-state index in [2.05, 4.69) is 0 Å². The van der Waals surface area contributed by atoms with Gasteiger partial charge in [0.15, 0.2) is 0 Å². The summed E-state index contributed by atoms with van der Waals surface area (Å²) in [6.45, 7) is 3.99. The molecule has 2 N–H and O–H groups in total. The predicted molar refractivity (Wildman–Crippen MR) is 56.0 cm³/mol. The topological polar surface area (TPSA) is 46.3 Å². The highest BCUT2D eigenvalue weighted by atomic mass is 16.2. The van der Waals surface area contributed by atoms with Crippen molar-refractivity contribution >= 4 is 11.6 Å². The zero-order valence-electron chi connectivity index (χ0n) is 8.40. The molecule has 3 nitrogen and oxygen atoms in total. The molecular formula is C11H14N2O. The molecule has 1 aromatic rings. The minimum absolute atomic E-state index is 0.00111. The molecule has 1 aliphatic rings. The lowest BCUT2D eigenvalue weighted by Gasteiger charge is -2.21. The minimum Gasteiger partial charge on any atom is -0.316 e. The summed E-state index contributed by atoms with van der Waals surface area (Å²) in [6.07, 6.45) is 0. The van der Waals surface area contributed by atoms with Gasteiger partial charge in [0.25, 0.3) is 0 Å². The summed E-state index contributed by atoms with van der Waals surface area (Å²) in [5.41, 5.74) is 7.72. The largest absolute Gasteiger partial charge is 0.316 e. The first kappa shape index (κ1) is 9.21. The number of hydrogen-bond acceptors (Lipinski definition) is 2. The Kier molecular flexibility index (Phi) is 2.04.